The van der Waals surface area contributed by atoms with Crippen LogP contribution >= 0.6 is 0 Å². The standard InChI is InChI=1S/C19H19N3O/c1-13-5-6-16-11-17(14(2)22-18(16)10-13)19(23)21-9-7-15-4-3-8-20-12-15/h3-6,8,10-12H,7,9H2,1-2H3,(H,21,23). The summed E-state index contributed by atoms with van der Waals surface area (Å²) >= 11 is 0. The predicted octanol–water partition coefficient (Wildman–Crippen LogP) is 3.22. The monoisotopic (exact) mass is 305 g/mol. The quantitative estimate of drug-likeness (QED) is 0.805. The molecule has 0 atom stereocenters. The second kappa shape index (κ2) is 6.57. The zero-order valence-electron chi connectivity index (χ0n) is 13.3. The van der Waals surface area contributed by atoms with Crippen LogP contribution < -0.4 is 5.32 Å². The van der Waals surface area contributed by atoms with Gasteiger partial charge >= 0.3 is 0 Å². The number of benzene rings is 1. The predicted molar refractivity (Wildman–Crippen MR) is 91.5 cm³/mol. The van der Waals surface area contributed by atoms with Crippen molar-refractivity contribution in [3.8, 4) is 0 Å². The van der Waals surface area contributed by atoms with Gasteiger partial charge in [0.2, 0.25) is 0 Å². The second-order valence-electron chi connectivity index (χ2n) is 5.68. The molecule has 0 aliphatic carbocycles. The van der Waals surface area contributed by atoms with Gasteiger partial charge in [-0.05, 0) is 49.6 Å². The summed E-state index contributed by atoms with van der Waals surface area (Å²) < 4.78 is 0. The second-order valence-corrected chi connectivity index (χ2v) is 5.68. The van der Waals surface area contributed by atoms with Gasteiger partial charge in [0.1, 0.15) is 0 Å². The molecule has 0 spiro atoms. The van der Waals surface area contributed by atoms with E-state index in [0.29, 0.717) is 12.1 Å². The Balaban J connectivity index is 1.73. The average molecular weight is 305 g/mol. The maximum atomic E-state index is 12.4. The van der Waals surface area contributed by atoms with Crippen molar-refractivity contribution in [1.82, 2.24) is 15.3 Å². The van der Waals surface area contributed by atoms with Crippen molar-refractivity contribution in [2.75, 3.05) is 6.54 Å². The Bertz CT molecular complexity index is 844. The first-order valence-corrected chi connectivity index (χ1v) is 7.68. The molecule has 0 fully saturated rings. The lowest BCUT2D eigenvalue weighted by Crippen LogP contribution is -2.26. The topological polar surface area (TPSA) is 54.9 Å². The van der Waals surface area contributed by atoms with Crippen LogP contribution in [0, 0.1) is 13.8 Å². The van der Waals surface area contributed by atoms with E-state index in [1.54, 1.807) is 6.20 Å². The van der Waals surface area contributed by atoms with Crippen molar-refractivity contribution in [3.63, 3.8) is 0 Å². The number of aromatic nitrogens is 2. The largest absolute Gasteiger partial charge is 0.352 e. The number of carbonyl (C=O) groups is 1. The van der Waals surface area contributed by atoms with E-state index in [4.69, 9.17) is 0 Å². The summed E-state index contributed by atoms with van der Waals surface area (Å²) in [4.78, 5) is 21.0. The first kappa shape index (κ1) is 15.2. The third kappa shape index (κ3) is 3.54. The number of aryl methyl sites for hydroxylation is 2. The van der Waals surface area contributed by atoms with Crippen LogP contribution in [0.3, 0.4) is 0 Å². The summed E-state index contributed by atoms with van der Waals surface area (Å²) in [5, 5.41) is 3.94. The van der Waals surface area contributed by atoms with Crippen LogP contribution in [0.25, 0.3) is 10.9 Å². The summed E-state index contributed by atoms with van der Waals surface area (Å²) in [6.07, 6.45) is 4.32. The van der Waals surface area contributed by atoms with Gasteiger partial charge in [-0.2, -0.15) is 0 Å². The van der Waals surface area contributed by atoms with Crippen LogP contribution in [0.5, 0.6) is 0 Å². The molecule has 0 aliphatic rings. The molecule has 1 aromatic carbocycles. The molecule has 23 heavy (non-hydrogen) atoms. The molecule has 1 amide bonds. The highest BCUT2D eigenvalue weighted by Gasteiger charge is 2.11. The van der Waals surface area contributed by atoms with E-state index in [0.717, 1.165) is 34.1 Å². The van der Waals surface area contributed by atoms with Crippen LogP contribution in [-0.4, -0.2) is 22.4 Å². The first-order valence-electron chi connectivity index (χ1n) is 7.68. The number of pyridine rings is 2. The molecule has 0 radical (unpaired) electrons. The van der Waals surface area contributed by atoms with E-state index in [1.807, 2.05) is 56.4 Å². The van der Waals surface area contributed by atoms with Crippen molar-refractivity contribution in [2.24, 2.45) is 0 Å². The van der Waals surface area contributed by atoms with Crippen molar-refractivity contribution >= 4 is 16.8 Å². The molecule has 116 valence electrons. The molecule has 2 aromatic heterocycles. The van der Waals surface area contributed by atoms with Gasteiger partial charge in [0, 0.05) is 24.3 Å². The van der Waals surface area contributed by atoms with Gasteiger partial charge < -0.3 is 5.32 Å². The van der Waals surface area contributed by atoms with Crippen molar-refractivity contribution in [2.45, 2.75) is 20.3 Å². The Kier molecular flexibility index (Phi) is 4.33. The number of nitrogens with one attached hydrogen (secondary N) is 1. The lowest BCUT2D eigenvalue weighted by atomic mass is 10.1. The molecule has 4 heteroatoms. The van der Waals surface area contributed by atoms with Crippen LogP contribution in [0.1, 0.15) is 27.2 Å². The number of nitrogens with zero attached hydrogens (tertiary/aromatic N) is 2. The van der Waals surface area contributed by atoms with E-state index in [9.17, 15) is 4.79 Å². The van der Waals surface area contributed by atoms with E-state index in [-0.39, 0.29) is 5.91 Å². The Morgan fingerprint density at radius 2 is 2.04 bits per heavy atom. The third-order valence-electron chi connectivity index (χ3n) is 3.83. The number of hydrogen-bond donors (Lipinski definition) is 1. The molecule has 0 saturated carbocycles. The molecule has 0 aliphatic heterocycles. The SMILES string of the molecule is Cc1ccc2cc(C(=O)NCCc3cccnc3)c(C)nc2c1. The third-order valence-corrected chi connectivity index (χ3v) is 3.83. The van der Waals surface area contributed by atoms with Gasteiger partial charge in [-0.3, -0.25) is 14.8 Å². The van der Waals surface area contributed by atoms with Crippen LogP contribution in [0.2, 0.25) is 0 Å². The van der Waals surface area contributed by atoms with Gasteiger partial charge in [-0.15, -0.1) is 0 Å². The normalized spacial score (nSPS) is 10.7. The van der Waals surface area contributed by atoms with E-state index in [2.05, 4.69) is 15.3 Å². The van der Waals surface area contributed by atoms with E-state index in [1.165, 1.54) is 0 Å². The highest BCUT2D eigenvalue weighted by atomic mass is 16.1. The Labute approximate surface area is 135 Å². The van der Waals surface area contributed by atoms with Gasteiger partial charge in [0.15, 0.2) is 0 Å². The Morgan fingerprint density at radius 3 is 2.83 bits per heavy atom. The lowest BCUT2D eigenvalue weighted by Gasteiger charge is -2.09. The molecule has 3 aromatic rings. The zero-order chi connectivity index (χ0) is 16.2. The maximum absolute atomic E-state index is 12.4. The minimum Gasteiger partial charge on any atom is -0.352 e. The number of amides is 1. The summed E-state index contributed by atoms with van der Waals surface area (Å²) in [5.41, 5.74) is 4.58. The molecule has 4 nitrogen and oxygen atoms in total. The minimum atomic E-state index is -0.0821. The summed E-state index contributed by atoms with van der Waals surface area (Å²) in [7, 11) is 0. The van der Waals surface area contributed by atoms with Gasteiger partial charge in [0.25, 0.3) is 5.91 Å². The summed E-state index contributed by atoms with van der Waals surface area (Å²) in [5.74, 6) is -0.0821. The van der Waals surface area contributed by atoms with Gasteiger partial charge in [-0.25, -0.2) is 0 Å². The Hall–Kier alpha value is -2.75. The highest BCUT2D eigenvalue weighted by molar-refractivity contribution is 5.98. The van der Waals surface area contributed by atoms with Crippen LogP contribution in [0.15, 0.2) is 48.8 Å². The fourth-order valence-corrected chi connectivity index (χ4v) is 2.56. The van der Waals surface area contributed by atoms with Crippen molar-refractivity contribution < 1.29 is 4.79 Å². The number of hydrogen-bond acceptors (Lipinski definition) is 3. The molecule has 0 bridgehead atoms. The molecule has 2 heterocycles. The Morgan fingerprint density at radius 1 is 1.17 bits per heavy atom. The van der Waals surface area contributed by atoms with Crippen molar-refractivity contribution in [3.05, 3.63) is 71.2 Å². The lowest BCUT2D eigenvalue weighted by molar-refractivity contribution is 0.0953. The van der Waals surface area contributed by atoms with E-state index >= 15 is 0 Å². The van der Waals surface area contributed by atoms with Gasteiger partial charge in [-0.1, -0.05) is 18.2 Å². The fourth-order valence-electron chi connectivity index (χ4n) is 2.56. The molecule has 0 unspecified atom stereocenters. The highest BCUT2D eigenvalue weighted by Crippen LogP contribution is 2.18. The summed E-state index contributed by atoms with van der Waals surface area (Å²) in [6.45, 7) is 4.49. The minimum absolute atomic E-state index is 0.0821. The van der Waals surface area contributed by atoms with Crippen LogP contribution in [-0.2, 0) is 6.42 Å². The van der Waals surface area contributed by atoms with E-state index < -0.39 is 0 Å². The molecule has 1 N–H and O–H groups in total. The average Bonchev–Trinajstić information content (AvgIpc) is 2.55. The van der Waals surface area contributed by atoms with Crippen molar-refractivity contribution in [1.29, 1.82) is 0 Å². The van der Waals surface area contributed by atoms with Crippen LogP contribution in [0.4, 0.5) is 0 Å². The smallest absolute Gasteiger partial charge is 0.253 e. The first-order chi connectivity index (χ1) is 11.1. The molecular formula is C19H19N3O. The molecule has 3 rings (SSSR count). The summed E-state index contributed by atoms with van der Waals surface area (Å²) in [6, 6.07) is 11.9. The number of carbonyl (C=O) groups excluding carboxylic acids is 1. The molecule has 0 saturated heterocycles. The zero-order valence-corrected chi connectivity index (χ0v) is 13.3. The number of rotatable bonds is 4. The molecular weight excluding hydrogens is 286 g/mol. The maximum Gasteiger partial charge on any atom is 0.253 e. The fraction of sp³-hybridized carbons (Fsp3) is 0.211. The number of fused-ring (bicyclic) bond motifs is 1. The van der Waals surface area contributed by atoms with Gasteiger partial charge in [0.05, 0.1) is 16.8 Å².